The number of nitrogens with one attached hydrogen (secondary N) is 1. The second-order valence-electron chi connectivity index (χ2n) is 2.99. The third kappa shape index (κ3) is 3.38. The average molecular weight is 230 g/mol. The predicted octanol–water partition coefficient (Wildman–Crippen LogP) is 2.01. The van der Waals surface area contributed by atoms with Gasteiger partial charge >= 0.3 is 0 Å². The molecule has 0 atom stereocenters. The van der Waals surface area contributed by atoms with E-state index in [9.17, 15) is 10.1 Å². The quantitative estimate of drug-likeness (QED) is 0.460. The fourth-order valence-corrected chi connectivity index (χ4v) is 1.33. The lowest BCUT2D eigenvalue weighted by Crippen LogP contribution is -2.08. The first-order valence-electron chi connectivity index (χ1n) is 4.53. The molecule has 0 aliphatic rings. The Labute approximate surface area is 92.4 Å². The van der Waals surface area contributed by atoms with Gasteiger partial charge in [0.25, 0.3) is 5.69 Å². The summed E-state index contributed by atoms with van der Waals surface area (Å²) >= 11 is 5.85. The lowest BCUT2D eigenvalue weighted by molar-refractivity contribution is -0.384. The highest BCUT2D eigenvalue weighted by atomic mass is 35.5. The maximum absolute atomic E-state index is 10.4. The summed E-state index contributed by atoms with van der Waals surface area (Å²) in [6.45, 7) is 1.30. The van der Waals surface area contributed by atoms with Crippen LogP contribution >= 0.6 is 11.6 Å². The first-order valence-corrected chi connectivity index (χ1v) is 4.91. The van der Waals surface area contributed by atoms with Gasteiger partial charge in [-0.1, -0.05) is 11.6 Å². The van der Waals surface area contributed by atoms with Crippen LogP contribution in [0, 0.1) is 10.1 Å². The Morgan fingerprint density at radius 2 is 2.27 bits per heavy atom. The van der Waals surface area contributed by atoms with Crippen LogP contribution in [0.25, 0.3) is 0 Å². The molecule has 1 aromatic rings. The van der Waals surface area contributed by atoms with Crippen molar-refractivity contribution in [3.8, 4) is 0 Å². The van der Waals surface area contributed by atoms with Gasteiger partial charge in [0.2, 0.25) is 0 Å². The topological polar surface area (TPSA) is 81.2 Å². The summed E-state index contributed by atoms with van der Waals surface area (Å²) in [5, 5.41) is 13.8. The van der Waals surface area contributed by atoms with Crippen LogP contribution in [0.3, 0.4) is 0 Å². The van der Waals surface area contributed by atoms with E-state index in [2.05, 4.69) is 5.32 Å². The smallest absolute Gasteiger partial charge is 0.271 e. The molecule has 0 aliphatic heterocycles. The molecule has 3 N–H and O–H groups in total. The molecule has 5 nitrogen and oxygen atoms in total. The van der Waals surface area contributed by atoms with Gasteiger partial charge in [-0.15, -0.1) is 0 Å². The van der Waals surface area contributed by atoms with E-state index in [4.69, 9.17) is 17.3 Å². The summed E-state index contributed by atoms with van der Waals surface area (Å²) in [6.07, 6.45) is 0.827. The van der Waals surface area contributed by atoms with E-state index in [1.807, 2.05) is 0 Å². The van der Waals surface area contributed by atoms with Crippen LogP contribution in [-0.2, 0) is 0 Å². The van der Waals surface area contributed by atoms with Crippen LogP contribution in [0.2, 0.25) is 5.02 Å². The molecule has 1 rings (SSSR count). The standard InChI is InChI=1S/C9H12ClN3O2/c10-8-6-7(13(14)15)2-3-9(8)12-5-1-4-11/h2-3,6,12H,1,4-5,11H2. The Kier molecular flexibility index (Phi) is 4.33. The highest BCUT2D eigenvalue weighted by molar-refractivity contribution is 6.33. The second kappa shape index (κ2) is 5.53. The summed E-state index contributed by atoms with van der Waals surface area (Å²) in [5.41, 5.74) is 6.01. The van der Waals surface area contributed by atoms with E-state index in [0.29, 0.717) is 23.8 Å². The molecule has 0 saturated heterocycles. The minimum absolute atomic E-state index is 0.00984. The third-order valence-corrected chi connectivity index (χ3v) is 2.17. The summed E-state index contributed by atoms with van der Waals surface area (Å²) in [7, 11) is 0. The van der Waals surface area contributed by atoms with Crippen LogP contribution in [0.1, 0.15) is 6.42 Å². The van der Waals surface area contributed by atoms with Crippen molar-refractivity contribution in [3.05, 3.63) is 33.3 Å². The SMILES string of the molecule is NCCCNc1ccc([N+](=O)[O-])cc1Cl. The average Bonchev–Trinajstić information content (AvgIpc) is 2.20. The third-order valence-electron chi connectivity index (χ3n) is 1.86. The number of nitrogens with zero attached hydrogens (tertiary/aromatic N) is 1. The fraction of sp³-hybridized carbons (Fsp3) is 0.333. The van der Waals surface area contributed by atoms with Gasteiger partial charge in [-0.3, -0.25) is 10.1 Å². The van der Waals surface area contributed by atoms with Crippen molar-refractivity contribution in [1.29, 1.82) is 0 Å². The molecule has 0 radical (unpaired) electrons. The van der Waals surface area contributed by atoms with Crippen molar-refractivity contribution >= 4 is 23.0 Å². The van der Waals surface area contributed by atoms with Crippen LogP contribution in [0.4, 0.5) is 11.4 Å². The molecular formula is C9H12ClN3O2. The Balaban J connectivity index is 2.70. The highest BCUT2D eigenvalue weighted by Gasteiger charge is 2.08. The first kappa shape index (κ1) is 11.7. The normalized spacial score (nSPS) is 10.0. The van der Waals surface area contributed by atoms with E-state index in [1.54, 1.807) is 6.07 Å². The number of benzene rings is 1. The molecule has 6 heteroatoms. The summed E-state index contributed by atoms with van der Waals surface area (Å²) in [6, 6.07) is 4.33. The molecule has 0 fully saturated rings. The first-order chi connectivity index (χ1) is 7.15. The minimum atomic E-state index is -0.477. The fourth-order valence-electron chi connectivity index (χ4n) is 1.09. The van der Waals surface area contributed by atoms with Crippen molar-refractivity contribution < 1.29 is 4.92 Å². The number of halogens is 1. The zero-order valence-electron chi connectivity index (χ0n) is 8.07. The van der Waals surface area contributed by atoms with Crippen LogP contribution in [0.15, 0.2) is 18.2 Å². The van der Waals surface area contributed by atoms with Crippen molar-refractivity contribution in [3.63, 3.8) is 0 Å². The molecule has 0 heterocycles. The largest absolute Gasteiger partial charge is 0.384 e. The lowest BCUT2D eigenvalue weighted by atomic mass is 10.2. The Bertz CT molecular complexity index is 357. The van der Waals surface area contributed by atoms with Crippen molar-refractivity contribution in [2.24, 2.45) is 5.73 Å². The summed E-state index contributed by atoms with van der Waals surface area (Å²) in [4.78, 5) is 9.96. The molecule has 0 bridgehead atoms. The van der Waals surface area contributed by atoms with E-state index in [1.165, 1.54) is 12.1 Å². The molecular weight excluding hydrogens is 218 g/mol. The Morgan fingerprint density at radius 3 is 2.80 bits per heavy atom. The van der Waals surface area contributed by atoms with E-state index < -0.39 is 4.92 Å². The van der Waals surface area contributed by atoms with E-state index >= 15 is 0 Å². The number of non-ortho nitro benzene ring substituents is 1. The van der Waals surface area contributed by atoms with Gasteiger partial charge in [0.1, 0.15) is 0 Å². The molecule has 0 unspecified atom stereocenters. The zero-order chi connectivity index (χ0) is 11.3. The van der Waals surface area contributed by atoms with Gasteiger partial charge in [0, 0.05) is 18.7 Å². The zero-order valence-corrected chi connectivity index (χ0v) is 8.83. The molecule has 0 saturated carbocycles. The summed E-state index contributed by atoms with van der Waals surface area (Å²) in [5.74, 6) is 0. The number of nitrogens with two attached hydrogens (primary N) is 1. The van der Waals surface area contributed by atoms with Gasteiger partial charge in [-0.2, -0.15) is 0 Å². The van der Waals surface area contributed by atoms with Gasteiger partial charge in [0.15, 0.2) is 0 Å². The van der Waals surface area contributed by atoms with Crippen LogP contribution < -0.4 is 11.1 Å². The lowest BCUT2D eigenvalue weighted by Gasteiger charge is -2.06. The number of anilines is 1. The maximum Gasteiger partial charge on any atom is 0.271 e. The second-order valence-corrected chi connectivity index (χ2v) is 3.40. The molecule has 15 heavy (non-hydrogen) atoms. The van der Waals surface area contributed by atoms with E-state index in [0.717, 1.165) is 6.42 Å². The van der Waals surface area contributed by atoms with Gasteiger partial charge < -0.3 is 11.1 Å². The minimum Gasteiger partial charge on any atom is -0.384 e. The van der Waals surface area contributed by atoms with Crippen LogP contribution in [0.5, 0.6) is 0 Å². The van der Waals surface area contributed by atoms with Crippen LogP contribution in [-0.4, -0.2) is 18.0 Å². The highest BCUT2D eigenvalue weighted by Crippen LogP contribution is 2.26. The molecule has 0 spiro atoms. The number of hydrogen-bond acceptors (Lipinski definition) is 4. The Hall–Kier alpha value is -1.33. The maximum atomic E-state index is 10.4. The predicted molar refractivity (Wildman–Crippen MR) is 60.3 cm³/mol. The van der Waals surface area contributed by atoms with E-state index in [-0.39, 0.29) is 5.69 Å². The van der Waals surface area contributed by atoms with Crippen molar-refractivity contribution in [2.75, 3.05) is 18.4 Å². The molecule has 1 aromatic carbocycles. The molecule has 0 aromatic heterocycles. The number of hydrogen-bond donors (Lipinski definition) is 2. The molecule has 82 valence electrons. The monoisotopic (exact) mass is 229 g/mol. The Morgan fingerprint density at radius 1 is 1.53 bits per heavy atom. The number of rotatable bonds is 5. The number of nitro groups is 1. The van der Waals surface area contributed by atoms with Gasteiger partial charge in [-0.25, -0.2) is 0 Å². The molecule has 0 amide bonds. The summed E-state index contributed by atoms with van der Waals surface area (Å²) < 4.78 is 0. The van der Waals surface area contributed by atoms with Gasteiger partial charge in [-0.05, 0) is 19.0 Å². The van der Waals surface area contributed by atoms with Gasteiger partial charge in [0.05, 0.1) is 15.6 Å². The number of nitro benzene ring substituents is 1. The van der Waals surface area contributed by atoms with Crippen molar-refractivity contribution in [1.82, 2.24) is 0 Å². The molecule has 0 aliphatic carbocycles. The van der Waals surface area contributed by atoms with Crippen molar-refractivity contribution in [2.45, 2.75) is 6.42 Å².